The molecule has 29 heavy (non-hydrogen) atoms. The Morgan fingerprint density at radius 2 is 1.83 bits per heavy atom. The van der Waals surface area contributed by atoms with E-state index in [9.17, 15) is 14.9 Å². The van der Waals surface area contributed by atoms with Crippen LogP contribution in [0.1, 0.15) is 15.9 Å². The highest BCUT2D eigenvalue weighted by Crippen LogP contribution is 2.31. The molecule has 0 aliphatic carbocycles. The van der Waals surface area contributed by atoms with Crippen molar-refractivity contribution in [1.29, 1.82) is 0 Å². The largest absolute Gasteiger partial charge is 0.431 e. The van der Waals surface area contributed by atoms with Gasteiger partial charge in [0.05, 0.1) is 15.1 Å². The van der Waals surface area contributed by atoms with Gasteiger partial charge in [0.25, 0.3) is 10.9 Å². The summed E-state index contributed by atoms with van der Waals surface area (Å²) in [4.78, 5) is 27.1. The molecule has 0 bridgehead atoms. The maximum atomic E-state index is 12.4. The summed E-state index contributed by atoms with van der Waals surface area (Å²) in [5, 5.41) is 11.4. The molecule has 0 saturated heterocycles. The van der Waals surface area contributed by atoms with Crippen molar-refractivity contribution in [2.75, 3.05) is 0 Å². The van der Waals surface area contributed by atoms with E-state index < -0.39 is 4.92 Å². The van der Waals surface area contributed by atoms with E-state index in [1.54, 1.807) is 42.5 Å². The van der Waals surface area contributed by atoms with E-state index in [0.29, 0.717) is 22.1 Å². The van der Waals surface area contributed by atoms with E-state index in [4.69, 9.17) is 4.74 Å². The Labute approximate surface area is 169 Å². The Kier molecular flexibility index (Phi) is 5.13. The number of ketones is 1. The first-order valence-electron chi connectivity index (χ1n) is 8.69. The molecule has 0 unspecified atom stereocenters. The van der Waals surface area contributed by atoms with E-state index >= 15 is 0 Å². The van der Waals surface area contributed by atoms with E-state index in [1.807, 2.05) is 24.3 Å². The first-order valence-corrected chi connectivity index (χ1v) is 9.50. The summed E-state index contributed by atoms with van der Waals surface area (Å²) in [6.07, 6.45) is 2.95. The van der Waals surface area contributed by atoms with Gasteiger partial charge in [0, 0.05) is 17.7 Å². The minimum Gasteiger partial charge on any atom is -0.431 e. The number of fused-ring (bicyclic) bond motifs is 1. The Hall–Kier alpha value is -3.84. The SMILES string of the molecule is O=C(/C=C/c1cccc([N+](=O)[O-])c1)c1ccc(Oc2nc3ccccc3s2)cc1. The van der Waals surface area contributed by atoms with E-state index in [2.05, 4.69) is 4.98 Å². The van der Waals surface area contributed by atoms with Crippen molar-refractivity contribution in [1.82, 2.24) is 4.98 Å². The third-order valence-electron chi connectivity index (χ3n) is 4.13. The predicted octanol–water partition coefficient (Wildman–Crippen LogP) is 5.89. The molecule has 6 nitrogen and oxygen atoms in total. The molecule has 0 fully saturated rings. The fourth-order valence-electron chi connectivity index (χ4n) is 2.69. The van der Waals surface area contributed by atoms with Crippen molar-refractivity contribution < 1.29 is 14.5 Å². The van der Waals surface area contributed by atoms with Crippen LogP contribution in [0.2, 0.25) is 0 Å². The molecule has 0 amide bonds. The standard InChI is InChI=1S/C22H14N2O4S/c25-20(13-8-15-4-3-5-17(14-15)24(26)27)16-9-11-18(12-10-16)28-22-23-19-6-1-2-7-21(19)29-22/h1-14H/b13-8+. The fourth-order valence-corrected chi connectivity index (χ4v) is 3.53. The number of allylic oxidation sites excluding steroid dienone is 1. The van der Waals surface area contributed by atoms with E-state index in [1.165, 1.54) is 29.5 Å². The van der Waals surface area contributed by atoms with Crippen LogP contribution in [0, 0.1) is 10.1 Å². The number of rotatable bonds is 6. The minimum atomic E-state index is -0.469. The van der Waals surface area contributed by atoms with Gasteiger partial charge in [-0.3, -0.25) is 14.9 Å². The first-order chi connectivity index (χ1) is 14.1. The summed E-state index contributed by atoms with van der Waals surface area (Å²) in [6.45, 7) is 0. The monoisotopic (exact) mass is 402 g/mol. The van der Waals surface area contributed by atoms with Gasteiger partial charge in [0.15, 0.2) is 5.78 Å². The van der Waals surface area contributed by atoms with Gasteiger partial charge >= 0.3 is 0 Å². The highest BCUT2D eigenvalue weighted by molar-refractivity contribution is 7.20. The summed E-state index contributed by atoms with van der Waals surface area (Å²) in [5.41, 5.74) is 1.94. The molecule has 0 aliphatic rings. The van der Waals surface area contributed by atoms with Crippen molar-refractivity contribution >= 4 is 39.1 Å². The van der Waals surface area contributed by atoms with Gasteiger partial charge in [0.1, 0.15) is 5.75 Å². The molecule has 7 heteroatoms. The van der Waals surface area contributed by atoms with Gasteiger partial charge in [-0.25, -0.2) is 4.98 Å². The van der Waals surface area contributed by atoms with Crippen LogP contribution in [0.15, 0.2) is 78.9 Å². The van der Waals surface area contributed by atoms with Crippen LogP contribution in [0.3, 0.4) is 0 Å². The maximum Gasteiger partial charge on any atom is 0.279 e. The van der Waals surface area contributed by atoms with Crippen LogP contribution in [-0.4, -0.2) is 15.7 Å². The minimum absolute atomic E-state index is 0.0176. The number of carbonyl (C=O) groups is 1. The number of carbonyl (C=O) groups excluding carboxylic acids is 1. The Morgan fingerprint density at radius 1 is 1.03 bits per heavy atom. The van der Waals surface area contributed by atoms with Crippen molar-refractivity contribution in [3.63, 3.8) is 0 Å². The van der Waals surface area contributed by atoms with E-state index in [0.717, 1.165) is 10.2 Å². The molecule has 0 spiro atoms. The summed E-state index contributed by atoms with van der Waals surface area (Å²) in [5.74, 6) is 0.381. The number of hydrogen-bond acceptors (Lipinski definition) is 6. The summed E-state index contributed by atoms with van der Waals surface area (Å²) < 4.78 is 6.82. The van der Waals surface area contributed by atoms with Gasteiger partial charge in [-0.15, -0.1) is 0 Å². The molecular weight excluding hydrogens is 388 g/mol. The predicted molar refractivity (Wildman–Crippen MR) is 113 cm³/mol. The zero-order valence-corrected chi connectivity index (χ0v) is 15.8. The molecule has 142 valence electrons. The summed E-state index contributed by atoms with van der Waals surface area (Å²) in [6, 6.07) is 20.6. The van der Waals surface area contributed by atoms with Crippen molar-refractivity contribution in [3.8, 4) is 10.9 Å². The topological polar surface area (TPSA) is 82.3 Å². The average Bonchev–Trinajstić information content (AvgIpc) is 3.15. The second-order valence-corrected chi connectivity index (χ2v) is 7.12. The zero-order chi connectivity index (χ0) is 20.2. The number of hydrogen-bond donors (Lipinski definition) is 0. The van der Waals surface area contributed by atoms with Crippen LogP contribution in [-0.2, 0) is 0 Å². The zero-order valence-electron chi connectivity index (χ0n) is 15.0. The molecule has 1 heterocycles. The van der Waals surface area contributed by atoms with Crippen molar-refractivity contribution in [3.05, 3.63) is 100 Å². The Morgan fingerprint density at radius 3 is 2.59 bits per heavy atom. The van der Waals surface area contributed by atoms with Gasteiger partial charge in [-0.1, -0.05) is 41.7 Å². The molecule has 3 aromatic carbocycles. The van der Waals surface area contributed by atoms with E-state index in [-0.39, 0.29) is 11.5 Å². The smallest absolute Gasteiger partial charge is 0.279 e. The third-order valence-corrected chi connectivity index (χ3v) is 5.04. The number of para-hydroxylation sites is 1. The van der Waals surface area contributed by atoms with Gasteiger partial charge in [-0.05, 0) is 48.0 Å². The Balaban J connectivity index is 1.45. The molecule has 4 rings (SSSR count). The number of nitro benzene ring substituents is 1. The van der Waals surface area contributed by atoms with Gasteiger partial charge in [-0.2, -0.15) is 0 Å². The number of aromatic nitrogens is 1. The van der Waals surface area contributed by atoms with Crippen molar-refractivity contribution in [2.24, 2.45) is 0 Å². The summed E-state index contributed by atoms with van der Waals surface area (Å²) >= 11 is 1.45. The fraction of sp³-hybridized carbons (Fsp3) is 0. The lowest BCUT2D eigenvalue weighted by Crippen LogP contribution is -1.94. The second kappa shape index (κ2) is 8.04. The van der Waals surface area contributed by atoms with Gasteiger partial charge < -0.3 is 4.74 Å². The lowest BCUT2D eigenvalue weighted by atomic mass is 10.1. The molecule has 0 aliphatic heterocycles. The molecule has 4 aromatic rings. The Bertz CT molecular complexity index is 1200. The second-order valence-electron chi connectivity index (χ2n) is 6.12. The number of nitro groups is 1. The lowest BCUT2D eigenvalue weighted by Gasteiger charge is -2.02. The molecule has 0 saturated carbocycles. The van der Waals surface area contributed by atoms with Gasteiger partial charge in [0.2, 0.25) is 0 Å². The first kappa shape index (κ1) is 18.5. The number of thiazole rings is 1. The molecule has 1 aromatic heterocycles. The molecule has 0 radical (unpaired) electrons. The molecule has 0 N–H and O–H groups in total. The van der Waals surface area contributed by atoms with Crippen LogP contribution in [0.5, 0.6) is 10.9 Å². The van der Waals surface area contributed by atoms with Crippen LogP contribution < -0.4 is 4.74 Å². The highest BCUT2D eigenvalue weighted by Gasteiger charge is 2.08. The number of non-ortho nitro benzene ring substituents is 1. The number of nitrogens with zero attached hydrogens (tertiary/aromatic N) is 2. The lowest BCUT2D eigenvalue weighted by molar-refractivity contribution is -0.384. The van der Waals surface area contributed by atoms with Crippen LogP contribution in [0.25, 0.3) is 16.3 Å². The molecular formula is C22H14N2O4S. The summed E-state index contributed by atoms with van der Waals surface area (Å²) in [7, 11) is 0. The number of benzene rings is 3. The average molecular weight is 402 g/mol. The molecule has 0 atom stereocenters. The quantitative estimate of drug-likeness (QED) is 0.174. The van der Waals surface area contributed by atoms with Crippen LogP contribution in [0.4, 0.5) is 5.69 Å². The third kappa shape index (κ3) is 4.36. The van der Waals surface area contributed by atoms with Crippen molar-refractivity contribution in [2.45, 2.75) is 0 Å². The number of ether oxygens (including phenoxy) is 1. The maximum absolute atomic E-state index is 12.4. The normalized spacial score (nSPS) is 11.0. The van der Waals surface area contributed by atoms with Crippen LogP contribution >= 0.6 is 11.3 Å². The highest BCUT2D eigenvalue weighted by atomic mass is 32.1.